The number of fused-ring (bicyclic) bond motifs is 1. The number of aromatic nitrogens is 1. The van der Waals surface area contributed by atoms with E-state index in [4.69, 9.17) is 0 Å². The van der Waals surface area contributed by atoms with E-state index in [0.29, 0.717) is 0 Å². The monoisotopic (exact) mass is 286 g/mol. The number of amides is 1. The molecule has 0 aromatic carbocycles. The molecule has 0 aliphatic heterocycles. The Morgan fingerprint density at radius 2 is 2.30 bits per heavy atom. The lowest BCUT2D eigenvalue weighted by Crippen LogP contribution is -2.22. The van der Waals surface area contributed by atoms with Crippen LogP contribution in [0.3, 0.4) is 0 Å². The molecular weight excluding hydrogens is 268 g/mol. The van der Waals surface area contributed by atoms with Crippen LogP contribution < -0.4 is 5.32 Å². The van der Waals surface area contributed by atoms with E-state index >= 15 is 0 Å². The minimum atomic E-state index is 0.0275. The maximum atomic E-state index is 12.0. The molecule has 1 N–H and O–H groups in total. The van der Waals surface area contributed by atoms with Crippen LogP contribution in [0.15, 0.2) is 30.5 Å². The molecule has 3 rings (SSSR count). The van der Waals surface area contributed by atoms with Gasteiger partial charge in [0.2, 0.25) is 0 Å². The molecule has 4 heteroatoms. The van der Waals surface area contributed by atoms with Crippen molar-refractivity contribution in [3.8, 4) is 5.00 Å². The Morgan fingerprint density at radius 1 is 1.40 bits per heavy atom. The number of nitrogens with zero attached hydrogens (tertiary/aromatic N) is 1. The smallest absolute Gasteiger partial charge is 0.261 e. The van der Waals surface area contributed by atoms with E-state index in [1.807, 2.05) is 12.1 Å². The summed E-state index contributed by atoms with van der Waals surface area (Å²) in [4.78, 5) is 12.7. The highest BCUT2D eigenvalue weighted by molar-refractivity contribution is 7.16. The highest BCUT2D eigenvalue weighted by Gasteiger charge is 2.14. The van der Waals surface area contributed by atoms with Crippen LogP contribution in [0.2, 0.25) is 0 Å². The van der Waals surface area contributed by atoms with E-state index in [0.717, 1.165) is 35.7 Å². The van der Waals surface area contributed by atoms with E-state index in [1.54, 1.807) is 0 Å². The van der Waals surface area contributed by atoms with Gasteiger partial charge in [0.15, 0.2) is 0 Å². The van der Waals surface area contributed by atoms with E-state index in [9.17, 15) is 4.79 Å². The van der Waals surface area contributed by atoms with Crippen molar-refractivity contribution in [2.24, 2.45) is 0 Å². The Hall–Kier alpha value is -1.81. The van der Waals surface area contributed by atoms with Gasteiger partial charge < -0.3 is 9.88 Å². The highest BCUT2D eigenvalue weighted by Crippen LogP contribution is 2.28. The third kappa shape index (κ3) is 2.43. The largest absolute Gasteiger partial charge is 0.351 e. The zero-order valence-corrected chi connectivity index (χ0v) is 12.4. The van der Waals surface area contributed by atoms with Crippen LogP contribution in [0, 0.1) is 0 Å². The van der Waals surface area contributed by atoms with Crippen molar-refractivity contribution < 1.29 is 4.79 Å². The first kappa shape index (κ1) is 13.2. The van der Waals surface area contributed by atoms with Gasteiger partial charge in [-0.25, -0.2) is 0 Å². The lowest BCUT2D eigenvalue weighted by atomic mass is 10.1. The van der Waals surface area contributed by atoms with E-state index in [1.165, 1.54) is 22.6 Å². The SMILES string of the molecule is CCCNC(=O)c1ccc(-n2ccc3c2C=CCC3)s1. The van der Waals surface area contributed by atoms with Crippen molar-refractivity contribution in [2.45, 2.75) is 26.2 Å². The molecule has 2 aromatic heterocycles. The second kappa shape index (κ2) is 5.67. The molecule has 1 amide bonds. The first-order chi connectivity index (χ1) is 9.79. The van der Waals surface area contributed by atoms with Crippen LogP contribution in [-0.2, 0) is 6.42 Å². The van der Waals surface area contributed by atoms with E-state index in [-0.39, 0.29) is 5.91 Å². The second-order valence-electron chi connectivity index (χ2n) is 4.93. The molecule has 0 saturated carbocycles. The molecule has 1 aliphatic carbocycles. The number of thiophene rings is 1. The molecule has 0 bridgehead atoms. The average Bonchev–Trinajstić information content (AvgIpc) is 3.10. The Bertz CT molecular complexity index is 651. The van der Waals surface area contributed by atoms with Crippen LogP contribution in [-0.4, -0.2) is 17.0 Å². The van der Waals surface area contributed by atoms with Gasteiger partial charge in [0.25, 0.3) is 5.91 Å². The van der Waals surface area contributed by atoms with Crippen molar-refractivity contribution >= 4 is 23.3 Å². The molecule has 2 aromatic rings. The molecule has 0 saturated heterocycles. The fourth-order valence-electron chi connectivity index (χ4n) is 2.41. The number of rotatable bonds is 4. The predicted octanol–water partition coefficient (Wildman–Crippen LogP) is 3.64. The molecule has 0 fully saturated rings. The summed E-state index contributed by atoms with van der Waals surface area (Å²) < 4.78 is 2.17. The summed E-state index contributed by atoms with van der Waals surface area (Å²) >= 11 is 1.54. The van der Waals surface area contributed by atoms with Crippen LogP contribution in [0.25, 0.3) is 11.1 Å². The van der Waals surface area contributed by atoms with Crippen molar-refractivity contribution in [3.05, 3.63) is 46.6 Å². The van der Waals surface area contributed by atoms with Gasteiger partial charge in [-0.05, 0) is 49.1 Å². The average molecular weight is 286 g/mol. The fraction of sp³-hybridized carbons (Fsp3) is 0.312. The Kier molecular flexibility index (Phi) is 3.74. The second-order valence-corrected chi connectivity index (χ2v) is 5.99. The first-order valence-corrected chi connectivity index (χ1v) is 7.86. The fourth-order valence-corrected chi connectivity index (χ4v) is 3.33. The number of allylic oxidation sites excluding steroid dienone is 1. The van der Waals surface area contributed by atoms with E-state index < -0.39 is 0 Å². The number of hydrogen-bond donors (Lipinski definition) is 1. The molecule has 104 valence electrons. The molecule has 0 spiro atoms. The first-order valence-electron chi connectivity index (χ1n) is 7.04. The van der Waals surface area contributed by atoms with Crippen molar-refractivity contribution in [3.63, 3.8) is 0 Å². The number of carbonyl (C=O) groups is 1. The summed E-state index contributed by atoms with van der Waals surface area (Å²) in [5, 5.41) is 4.01. The maximum Gasteiger partial charge on any atom is 0.261 e. The molecule has 3 nitrogen and oxygen atoms in total. The minimum Gasteiger partial charge on any atom is -0.351 e. The van der Waals surface area contributed by atoms with Crippen LogP contribution in [0.1, 0.15) is 40.7 Å². The van der Waals surface area contributed by atoms with Crippen LogP contribution in [0.5, 0.6) is 0 Å². The molecule has 2 heterocycles. The molecule has 0 atom stereocenters. The number of aryl methyl sites for hydroxylation is 1. The lowest BCUT2D eigenvalue weighted by molar-refractivity contribution is 0.0957. The summed E-state index contributed by atoms with van der Waals surface area (Å²) in [5.41, 5.74) is 2.64. The van der Waals surface area contributed by atoms with Gasteiger partial charge in [0.05, 0.1) is 4.88 Å². The van der Waals surface area contributed by atoms with Crippen LogP contribution >= 0.6 is 11.3 Å². The van der Waals surface area contributed by atoms with Crippen molar-refractivity contribution in [1.29, 1.82) is 0 Å². The van der Waals surface area contributed by atoms with Gasteiger partial charge in [0, 0.05) is 18.4 Å². The molecule has 0 unspecified atom stereocenters. The Morgan fingerprint density at radius 3 is 3.15 bits per heavy atom. The number of nitrogens with one attached hydrogen (secondary N) is 1. The zero-order valence-electron chi connectivity index (χ0n) is 11.6. The van der Waals surface area contributed by atoms with Gasteiger partial charge in [0.1, 0.15) is 5.00 Å². The molecular formula is C16H18N2OS. The van der Waals surface area contributed by atoms with Gasteiger partial charge >= 0.3 is 0 Å². The number of hydrogen-bond acceptors (Lipinski definition) is 2. The Labute approximate surface area is 122 Å². The third-order valence-electron chi connectivity index (χ3n) is 3.46. The number of carbonyl (C=O) groups excluding carboxylic acids is 1. The van der Waals surface area contributed by atoms with Gasteiger partial charge in [-0.3, -0.25) is 4.79 Å². The van der Waals surface area contributed by atoms with Gasteiger partial charge in [-0.1, -0.05) is 13.0 Å². The summed E-state index contributed by atoms with van der Waals surface area (Å²) in [5.74, 6) is 0.0275. The zero-order chi connectivity index (χ0) is 13.9. The summed E-state index contributed by atoms with van der Waals surface area (Å²) in [7, 11) is 0. The van der Waals surface area contributed by atoms with Crippen molar-refractivity contribution in [2.75, 3.05) is 6.54 Å². The summed E-state index contributed by atoms with van der Waals surface area (Å²) in [6, 6.07) is 6.10. The topological polar surface area (TPSA) is 34.0 Å². The Balaban J connectivity index is 1.86. The molecule has 20 heavy (non-hydrogen) atoms. The summed E-state index contributed by atoms with van der Waals surface area (Å²) in [6.45, 7) is 2.78. The normalized spacial score (nSPS) is 13.2. The lowest BCUT2D eigenvalue weighted by Gasteiger charge is -2.09. The standard InChI is InChI=1S/C16H18N2OS/c1-2-10-17-16(19)14-7-8-15(20-14)18-11-9-12-5-3-4-6-13(12)18/h4,6-9,11H,2-3,5,10H2,1H3,(H,17,19). The summed E-state index contributed by atoms with van der Waals surface area (Å²) in [6.07, 6.45) is 9.66. The third-order valence-corrected chi connectivity index (χ3v) is 4.54. The maximum absolute atomic E-state index is 12.0. The van der Waals surface area contributed by atoms with Crippen molar-refractivity contribution in [1.82, 2.24) is 9.88 Å². The van der Waals surface area contributed by atoms with Gasteiger partial charge in [-0.2, -0.15) is 0 Å². The molecule has 0 radical (unpaired) electrons. The molecule has 1 aliphatic rings. The predicted molar refractivity (Wildman–Crippen MR) is 83.6 cm³/mol. The van der Waals surface area contributed by atoms with Crippen LogP contribution in [0.4, 0.5) is 0 Å². The minimum absolute atomic E-state index is 0.0275. The highest BCUT2D eigenvalue weighted by atomic mass is 32.1. The quantitative estimate of drug-likeness (QED) is 0.915. The van der Waals surface area contributed by atoms with E-state index in [2.05, 4.69) is 41.2 Å². The van der Waals surface area contributed by atoms with Gasteiger partial charge in [-0.15, -0.1) is 11.3 Å².